The predicted octanol–water partition coefficient (Wildman–Crippen LogP) is 3.83. The van der Waals surface area contributed by atoms with Gasteiger partial charge in [0.1, 0.15) is 0 Å². The summed E-state index contributed by atoms with van der Waals surface area (Å²) in [6.07, 6.45) is -3.38. The largest absolute Gasteiger partial charge is 0.401 e. The van der Waals surface area contributed by atoms with Crippen LogP contribution in [0.25, 0.3) is 0 Å². The Labute approximate surface area is 100 Å². The van der Waals surface area contributed by atoms with Gasteiger partial charge in [-0.15, -0.1) is 23.1 Å². The van der Waals surface area contributed by atoms with Gasteiger partial charge in [0, 0.05) is 11.3 Å². The quantitative estimate of drug-likeness (QED) is 0.874. The second-order valence-electron chi connectivity index (χ2n) is 3.88. The van der Waals surface area contributed by atoms with Gasteiger partial charge in [-0.05, 0) is 23.4 Å². The lowest BCUT2D eigenvalue weighted by molar-refractivity contribution is -0.126. The van der Waals surface area contributed by atoms with Crippen molar-refractivity contribution in [2.75, 3.05) is 6.54 Å². The summed E-state index contributed by atoms with van der Waals surface area (Å²) in [5, 5.41) is 4.92. The van der Waals surface area contributed by atoms with Crippen LogP contribution in [0.15, 0.2) is 15.7 Å². The van der Waals surface area contributed by atoms with Crippen molar-refractivity contribution in [3.8, 4) is 0 Å². The monoisotopic (exact) mass is 267 g/mol. The zero-order chi connectivity index (χ0) is 11.8. The van der Waals surface area contributed by atoms with Gasteiger partial charge in [0.15, 0.2) is 0 Å². The average molecular weight is 267 g/mol. The van der Waals surface area contributed by atoms with Gasteiger partial charge in [0.25, 0.3) is 0 Å². The molecule has 90 valence electrons. The highest BCUT2D eigenvalue weighted by molar-refractivity contribution is 8.01. The summed E-state index contributed by atoms with van der Waals surface area (Å²) in [5.41, 5.74) is 1.03. The Morgan fingerprint density at radius 1 is 1.50 bits per heavy atom. The van der Waals surface area contributed by atoms with Gasteiger partial charge in [-0.1, -0.05) is 6.92 Å². The first kappa shape index (κ1) is 12.3. The molecule has 0 bridgehead atoms. The van der Waals surface area contributed by atoms with E-state index < -0.39 is 12.7 Å². The van der Waals surface area contributed by atoms with Gasteiger partial charge in [-0.25, -0.2) is 0 Å². The molecule has 1 aromatic heterocycles. The molecule has 0 aliphatic carbocycles. The van der Waals surface area contributed by atoms with Crippen molar-refractivity contribution in [3.05, 3.63) is 17.0 Å². The minimum atomic E-state index is -4.13. The van der Waals surface area contributed by atoms with Crippen LogP contribution in [0.3, 0.4) is 0 Å². The maximum atomic E-state index is 12.1. The number of thiophene rings is 1. The van der Waals surface area contributed by atoms with Crippen LogP contribution in [-0.2, 0) is 0 Å². The van der Waals surface area contributed by atoms with Crippen LogP contribution in [-0.4, -0.2) is 18.0 Å². The van der Waals surface area contributed by atoms with E-state index in [2.05, 4.69) is 12.2 Å². The molecular formula is C10H12F3NS2. The second-order valence-corrected chi connectivity index (χ2v) is 6.50. The fourth-order valence-corrected chi connectivity index (χ4v) is 4.35. The fourth-order valence-electron chi connectivity index (χ4n) is 1.78. The topological polar surface area (TPSA) is 12.0 Å². The molecule has 0 radical (unpaired) electrons. The van der Waals surface area contributed by atoms with E-state index in [1.807, 2.05) is 11.4 Å². The molecule has 0 fully saturated rings. The fraction of sp³-hybridized carbons (Fsp3) is 0.600. The van der Waals surface area contributed by atoms with Crippen LogP contribution in [0.5, 0.6) is 0 Å². The molecule has 1 aliphatic rings. The number of thioether (sulfide) groups is 1. The SMILES string of the molecule is C[C@H]1CC(NCC(F)(F)F)c2ccsc2S1. The molecule has 2 heterocycles. The maximum absolute atomic E-state index is 12.1. The third-order valence-electron chi connectivity index (χ3n) is 2.46. The molecule has 6 heteroatoms. The van der Waals surface area contributed by atoms with Crippen LogP contribution in [0.1, 0.15) is 24.9 Å². The van der Waals surface area contributed by atoms with Crippen molar-refractivity contribution in [3.63, 3.8) is 0 Å². The molecule has 0 saturated heterocycles. The minimum absolute atomic E-state index is 0.154. The Kier molecular flexibility index (Phi) is 3.51. The van der Waals surface area contributed by atoms with E-state index >= 15 is 0 Å². The highest BCUT2D eigenvalue weighted by Crippen LogP contribution is 2.43. The Morgan fingerprint density at radius 3 is 2.94 bits per heavy atom. The highest BCUT2D eigenvalue weighted by atomic mass is 32.2. The number of fused-ring (bicyclic) bond motifs is 1. The summed E-state index contributed by atoms with van der Waals surface area (Å²) in [6.45, 7) is 1.14. The number of hydrogen-bond acceptors (Lipinski definition) is 3. The van der Waals surface area contributed by atoms with Gasteiger partial charge < -0.3 is 5.32 Å². The van der Waals surface area contributed by atoms with Gasteiger partial charge in [0.05, 0.1) is 10.8 Å². The van der Waals surface area contributed by atoms with Crippen LogP contribution in [0.2, 0.25) is 0 Å². The van der Waals surface area contributed by atoms with Gasteiger partial charge in [-0.2, -0.15) is 13.2 Å². The normalized spacial score (nSPS) is 25.5. The van der Waals surface area contributed by atoms with Crippen molar-refractivity contribution in [1.29, 1.82) is 0 Å². The first-order chi connectivity index (χ1) is 7.46. The molecule has 2 atom stereocenters. The zero-order valence-electron chi connectivity index (χ0n) is 8.67. The summed E-state index contributed by atoms with van der Waals surface area (Å²) in [5.74, 6) is 0. The Balaban J connectivity index is 2.06. The first-order valence-corrected chi connectivity index (χ1v) is 6.76. The van der Waals surface area contributed by atoms with E-state index in [9.17, 15) is 13.2 Å². The van der Waals surface area contributed by atoms with E-state index in [1.165, 1.54) is 0 Å². The Bertz CT molecular complexity index is 361. The molecule has 1 unspecified atom stereocenters. The minimum Gasteiger partial charge on any atom is -0.302 e. The van der Waals surface area contributed by atoms with E-state index in [-0.39, 0.29) is 6.04 Å². The maximum Gasteiger partial charge on any atom is 0.401 e. The van der Waals surface area contributed by atoms with Gasteiger partial charge in [-0.3, -0.25) is 0 Å². The van der Waals surface area contributed by atoms with Crippen molar-refractivity contribution >= 4 is 23.1 Å². The lowest BCUT2D eigenvalue weighted by Crippen LogP contribution is -2.34. The molecule has 16 heavy (non-hydrogen) atoms. The zero-order valence-corrected chi connectivity index (χ0v) is 10.3. The summed E-state index contributed by atoms with van der Waals surface area (Å²) in [4.78, 5) is 0. The third kappa shape index (κ3) is 2.93. The summed E-state index contributed by atoms with van der Waals surface area (Å²) >= 11 is 3.36. The molecule has 2 rings (SSSR count). The van der Waals surface area contributed by atoms with Gasteiger partial charge in [0.2, 0.25) is 0 Å². The molecule has 0 amide bonds. The summed E-state index contributed by atoms with van der Waals surface area (Å²) < 4.78 is 37.6. The molecule has 0 spiro atoms. The van der Waals surface area contributed by atoms with Crippen molar-refractivity contribution in [2.45, 2.75) is 35.0 Å². The second kappa shape index (κ2) is 4.58. The van der Waals surface area contributed by atoms with Crippen molar-refractivity contribution in [2.24, 2.45) is 0 Å². The molecule has 1 aliphatic heterocycles. The molecule has 1 nitrogen and oxygen atoms in total. The van der Waals surface area contributed by atoms with E-state index in [4.69, 9.17) is 0 Å². The third-order valence-corrected chi connectivity index (χ3v) is 4.80. The Hall–Kier alpha value is -0.200. The van der Waals surface area contributed by atoms with Crippen LogP contribution in [0.4, 0.5) is 13.2 Å². The van der Waals surface area contributed by atoms with Crippen LogP contribution >= 0.6 is 23.1 Å². The molecular weight excluding hydrogens is 255 g/mol. The summed E-state index contributed by atoms with van der Waals surface area (Å²) in [6, 6.07) is 1.77. The van der Waals surface area contributed by atoms with Crippen molar-refractivity contribution < 1.29 is 13.2 Å². The molecule has 1 N–H and O–H groups in total. The number of alkyl halides is 3. The predicted molar refractivity (Wildman–Crippen MR) is 61.1 cm³/mol. The van der Waals surface area contributed by atoms with E-state index in [0.29, 0.717) is 5.25 Å². The molecule has 1 aromatic rings. The lowest BCUT2D eigenvalue weighted by Gasteiger charge is -2.28. The van der Waals surface area contributed by atoms with Crippen molar-refractivity contribution in [1.82, 2.24) is 5.32 Å². The number of rotatable bonds is 2. The van der Waals surface area contributed by atoms with Crippen LogP contribution < -0.4 is 5.32 Å². The average Bonchev–Trinajstić information content (AvgIpc) is 2.60. The smallest absolute Gasteiger partial charge is 0.302 e. The Morgan fingerprint density at radius 2 is 2.25 bits per heavy atom. The van der Waals surface area contributed by atoms with Gasteiger partial charge >= 0.3 is 6.18 Å². The lowest BCUT2D eigenvalue weighted by atomic mass is 10.1. The summed E-state index contributed by atoms with van der Waals surface area (Å²) in [7, 11) is 0. The number of hydrogen-bond donors (Lipinski definition) is 1. The van der Waals surface area contributed by atoms with Crippen LogP contribution in [0, 0.1) is 0 Å². The standard InChI is InChI=1S/C10H12F3NS2/c1-6-4-8(14-5-10(11,12)13)7-2-3-15-9(7)16-6/h2-3,6,8,14H,4-5H2,1H3/t6-,8?/m0/s1. The van der Waals surface area contributed by atoms with E-state index in [0.717, 1.165) is 16.2 Å². The number of nitrogens with one attached hydrogen (secondary N) is 1. The number of halogens is 3. The molecule has 0 aromatic carbocycles. The first-order valence-electron chi connectivity index (χ1n) is 5.00. The van der Waals surface area contributed by atoms with E-state index in [1.54, 1.807) is 23.1 Å². The molecule has 0 saturated carbocycles. The highest BCUT2D eigenvalue weighted by Gasteiger charge is 2.31.